The average molecular weight is 446 g/mol. The minimum atomic E-state index is -0.0586. The molecule has 0 aliphatic heterocycles. The molecule has 0 fully saturated rings. The van der Waals surface area contributed by atoms with E-state index >= 15 is 0 Å². The maximum atomic E-state index is 13.2. The lowest BCUT2D eigenvalue weighted by molar-refractivity contribution is 0.0544. The molecule has 0 spiro atoms. The van der Waals surface area contributed by atoms with Gasteiger partial charge in [0, 0.05) is 32.0 Å². The van der Waals surface area contributed by atoms with Crippen molar-refractivity contribution in [1.29, 1.82) is 0 Å². The molecule has 0 saturated carbocycles. The van der Waals surface area contributed by atoms with Gasteiger partial charge in [-0.15, -0.1) is 0 Å². The van der Waals surface area contributed by atoms with Crippen molar-refractivity contribution in [3.63, 3.8) is 0 Å². The molecule has 1 heterocycles. The highest BCUT2D eigenvalue weighted by atomic mass is 16.5. The van der Waals surface area contributed by atoms with Crippen molar-refractivity contribution in [3.8, 4) is 11.5 Å². The maximum absolute atomic E-state index is 13.2. The van der Waals surface area contributed by atoms with E-state index in [0.717, 1.165) is 11.0 Å². The van der Waals surface area contributed by atoms with Crippen LogP contribution in [0.5, 0.6) is 11.5 Å². The molecule has 1 aromatic heterocycles. The maximum Gasteiger partial charge on any atom is 0.197 e. The fourth-order valence-electron chi connectivity index (χ4n) is 3.36. The predicted molar refractivity (Wildman–Crippen MR) is 123 cm³/mol. The lowest BCUT2D eigenvalue weighted by atomic mass is 10.1. The number of ether oxygens (including phenoxy) is 6. The molecular formula is C24H31NO7. The van der Waals surface area contributed by atoms with Crippen molar-refractivity contribution < 1.29 is 28.4 Å². The number of hydrogen-bond acceptors (Lipinski definition) is 7. The molecule has 3 rings (SSSR count). The van der Waals surface area contributed by atoms with Crippen molar-refractivity contribution in [2.24, 2.45) is 7.05 Å². The van der Waals surface area contributed by atoms with Crippen LogP contribution < -0.4 is 14.9 Å². The summed E-state index contributed by atoms with van der Waals surface area (Å²) in [5.74, 6) is 1.26. The molecule has 0 N–H and O–H groups in total. The molecule has 2 aromatic carbocycles. The Bertz CT molecular complexity index is 984. The number of benzene rings is 2. The molecular weight excluding hydrogens is 414 g/mol. The monoisotopic (exact) mass is 445 g/mol. The van der Waals surface area contributed by atoms with Crippen LogP contribution in [0.25, 0.3) is 21.8 Å². The zero-order valence-corrected chi connectivity index (χ0v) is 18.9. The van der Waals surface area contributed by atoms with Crippen LogP contribution in [0.15, 0.2) is 41.2 Å². The minimum Gasteiger partial charge on any atom is -0.491 e. The molecule has 174 valence electrons. The SMILES string of the molecule is COCCOCCOc1ccc2c(c1)c(=O)c1cc(OCCOCCOC)ccc1n2C. The summed E-state index contributed by atoms with van der Waals surface area (Å²) in [4.78, 5) is 13.2. The second-order valence-corrected chi connectivity index (χ2v) is 7.15. The van der Waals surface area contributed by atoms with E-state index in [4.69, 9.17) is 28.4 Å². The topological polar surface area (TPSA) is 77.4 Å². The normalized spacial score (nSPS) is 11.3. The fraction of sp³-hybridized carbons (Fsp3) is 0.458. The van der Waals surface area contributed by atoms with Gasteiger partial charge in [-0.3, -0.25) is 4.79 Å². The second kappa shape index (κ2) is 12.4. The molecule has 0 aliphatic carbocycles. The van der Waals surface area contributed by atoms with Gasteiger partial charge < -0.3 is 33.0 Å². The standard InChI is InChI=1S/C24H31NO7/c1-25-22-6-4-18(31-14-12-29-10-8-27-2)16-20(22)24(26)21-17-19(5-7-23(21)25)32-15-13-30-11-9-28-3/h4-7,16-17H,8-15H2,1-3H3. The van der Waals surface area contributed by atoms with Gasteiger partial charge >= 0.3 is 0 Å². The van der Waals surface area contributed by atoms with E-state index in [1.807, 2.05) is 35.9 Å². The number of hydrogen-bond donors (Lipinski definition) is 0. The van der Waals surface area contributed by atoms with Crippen molar-refractivity contribution in [2.45, 2.75) is 0 Å². The van der Waals surface area contributed by atoms with Gasteiger partial charge in [0.1, 0.15) is 24.7 Å². The first-order valence-electron chi connectivity index (χ1n) is 10.6. The Kier molecular flexibility index (Phi) is 9.30. The Labute approximate surface area is 187 Å². The van der Waals surface area contributed by atoms with Crippen LogP contribution in [0.1, 0.15) is 0 Å². The molecule has 3 aromatic rings. The van der Waals surface area contributed by atoms with Crippen molar-refractivity contribution in [3.05, 3.63) is 46.6 Å². The Morgan fingerprint density at radius 2 is 1.09 bits per heavy atom. The van der Waals surface area contributed by atoms with E-state index < -0.39 is 0 Å². The largest absolute Gasteiger partial charge is 0.491 e. The molecule has 8 heteroatoms. The molecule has 0 radical (unpaired) electrons. The summed E-state index contributed by atoms with van der Waals surface area (Å²) < 4.78 is 34.2. The van der Waals surface area contributed by atoms with Crippen molar-refractivity contribution in [2.75, 3.05) is 67.1 Å². The van der Waals surface area contributed by atoms with E-state index in [-0.39, 0.29) is 5.43 Å². The van der Waals surface area contributed by atoms with Gasteiger partial charge in [-0.05, 0) is 36.4 Å². The Balaban J connectivity index is 1.73. The second-order valence-electron chi connectivity index (χ2n) is 7.15. The van der Waals surface area contributed by atoms with Gasteiger partial charge in [-0.1, -0.05) is 0 Å². The minimum absolute atomic E-state index is 0.0586. The van der Waals surface area contributed by atoms with E-state index in [0.29, 0.717) is 75.1 Å². The lowest BCUT2D eigenvalue weighted by Crippen LogP contribution is -2.12. The first-order chi connectivity index (χ1) is 15.7. The van der Waals surface area contributed by atoms with Crippen LogP contribution in [0.3, 0.4) is 0 Å². The average Bonchev–Trinajstić information content (AvgIpc) is 2.82. The smallest absolute Gasteiger partial charge is 0.197 e. The van der Waals surface area contributed by atoms with Gasteiger partial charge in [-0.25, -0.2) is 0 Å². The molecule has 0 saturated heterocycles. The van der Waals surface area contributed by atoms with Crippen LogP contribution in [0.2, 0.25) is 0 Å². The van der Waals surface area contributed by atoms with Crippen LogP contribution in [-0.4, -0.2) is 71.6 Å². The number of methoxy groups -OCH3 is 2. The van der Waals surface area contributed by atoms with Crippen LogP contribution in [0, 0.1) is 0 Å². The predicted octanol–water partition coefficient (Wildman–Crippen LogP) is 2.78. The molecule has 0 bridgehead atoms. The Morgan fingerprint density at radius 1 is 0.656 bits per heavy atom. The molecule has 32 heavy (non-hydrogen) atoms. The number of rotatable bonds is 14. The van der Waals surface area contributed by atoms with Gasteiger partial charge in [0.15, 0.2) is 5.43 Å². The van der Waals surface area contributed by atoms with Crippen LogP contribution in [0.4, 0.5) is 0 Å². The van der Waals surface area contributed by atoms with E-state index in [9.17, 15) is 4.79 Å². The number of aromatic nitrogens is 1. The third kappa shape index (κ3) is 6.20. The summed E-state index contributed by atoms with van der Waals surface area (Å²) in [6.45, 7) is 3.83. The van der Waals surface area contributed by atoms with Crippen molar-refractivity contribution in [1.82, 2.24) is 4.57 Å². The summed E-state index contributed by atoms with van der Waals surface area (Å²) in [6.07, 6.45) is 0. The number of aryl methyl sites for hydroxylation is 1. The summed E-state index contributed by atoms with van der Waals surface area (Å²) in [6, 6.07) is 11.1. The van der Waals surface area contributed by atoms with Crippen LogP contribution in [-0.2, 0) is 26.0 Å². The summed E-state index contributed by atoms with van der Waals surface area (Å²) >= 11 is 0. The van der Waals surface area contributed by atoms with E-state index in [1.54, 1.807) is 26.4 Å². The number of pyridine rings is 1. The summed E-state index contributed by atoms with van der Waals surface area (Å²) in [5, 5.41) is 1.19. The molecule has 0 amide bonds. The molecule has 0 aliphatic rings. The quantitative estimate of drug-likeness (QED) is 0.279. The third-order valence-electron chi connectivity index (χ3n) is 5.00. The third-order valence-corrected chi connectivity index (χ3v) is 5.00. The zero-order chi connectivity index (χ0) is 22.8. The highest BCUT2D eigenvalue weighted by Gasteiger charge is 2.11. The molecule has 8 nitrogen and oxygen atoms in total. The van der Waals surface area contributed by atoms with Crippen LogP contribution >= 0.6 is 0 Å². The van der Waals surface area contributed by atoms with Gasteiger partial charge in [0.25, 0.3) is 0 Å². The van der Waals surface area contributed by atoms with E-state index in [2.05, 4.69) is 0 Å². The lowest BCUT2D eigenvalue weighted by Gasteiger charge is -2.13. The number of nitrogens with zero attached hydrogens (tertiary/aromatic N) is 1. The van der Waals surface area contributed by atoms with Gasteiger partial charge in [-0.2, -0.15) is 0 Å². The molecule has 0 unspecified atom stereocenters. The first-order valence-corrected chi connectivity index (χ1v) is 10.6. The van der Waals surface area contributed by atoms with Gasteiger partial charge in [0.2, 0.25) is 0 Å². The highest BCUT2D eigenvalue weighted by Crippen LogP contribution is 2.25. The first kappa shape index (κ1) is 24.0. The Hall–Kier alpha value is -2.65. The summed E-state index contributed by atoms with van der Waals surface area (Å²) in [5.41, 5.74) is 1.62. The summed E-state index contributed by atoms with van der Waals surface area (Å²) in [7, 11) is 5.21. The van der Waals surface area contributed by atoms with Crippen molar-refractivity contribution >= 4 is 21.8 Å². The molecule has 0 atom stereocenters. The number of fused-ring (bicyclic) bond motifs is 2. The highest BCUT2D eigenvalue weighted by molar-refractivity contribution is 5.94. The fourth-order valence-corrected chi connectivity index (χ4v) is 3.36. The van der Waals surface area contributed by atoms with Gasteiger partial charge in [0.05, 0.1) is 50.7 Å². The zero-order valence-electron chi connectivity index (χ0n) is 18.9. The van der Waals surface area contributed by atoms with E-state index in [1.165, 1.54) is 0 Å². The Morgan fingerprint density at radius 3 is 1.53 bits per heavy atom.